The molecule has 1 fully saturated rings. The van der Waals surface area contributed by atoms with Gasteiger partial charge in [0.05, 0.1) is 0 Å². The van der Waals surface area contributed by atoms with Gasteiger partial charge in [0, 0.05) is 0 Å². The molecule has 70 heavy (non-hydrogen) atoms. The molecule has 0 amide bonds. The molecule has 2 unspecified atom stereocenters. The van der Waals surface area contributed by atoms with E-state index in [-0.39, 0.29) is 0 Å². The maximum atomic E-state index is 3.12. The molecule has 10 rings (SSSR count). The minimum atomic E-state index is -2.12. The maximum absolute atomic E-state index is 3.12. The van der Waals surface area contributed by atoms with Gasteiger partial charge >= 0.3 is 439 Å². The van der Waals surface area contributed by atoms with Crippen LogP contribution in [0.1, 0.15) is 77.9 Å². The average Bonchev–Trinajstić information content (AvgIpc) is 3.92. The molecule has 6 heteroatoms. The molecule has 0 N–H and O–H groups in total. The number of para-hydroxylation sites is 2. The molecule has 0 bridgehead atoms. The molecule has 2 nitrogen and oxygen atoms in total. The SMILES string of the molecule is Cc1cc(C)c(-c2cccc(-c3c(C)cc(C)cc3C)c2N2C(SCc3ccccc3)=C(SCc3ccccc3)[As]3N(c4c(-c5c(C)cc(C)cc5C)cccc4-c4c(C)cc(C)cc4C)[As]23)c(C)c1. The van der Waals surface area contributed by atoms with Crippen LogP contribution in [0.4, 0.5) is 11.4 Å². The first-order valence-corrected chi connectivity index (χ1v) is 35.2. The number of nitrogens with zero attached hydrogens (tertiary/aromatic N) is 2. The van der Waals surface area contributed by atoms with Gasteiger partial charge in [-0.25, -0.2) is 0 Å². The van der Waals surface area contributed by atoms with Crippen LogP contribution in [0, 0.1) is 83.1 Å². The van der Waals surface area contributed by atoms with Crippen molar-refractivity contribution < 1.29 is 0 Å². The van der Waals surface area contributed by atoms with Crippen LogP contribution < -0.4 is 6.55 Å². The topological polar surface area (TPSA) is 6.25 Å². The van der Waals surface area contributed by atoms with Crippen molar-refractivity contribution in [2.24, 2.45) is 0 Å². The second-order valence-corrected chi connectivity index (χ2v) is 37.7. The third-order valence-electron chi connectivity index (χ3n) is 13.9. The van der Waals surface area contributed by atoms with Crippen LogP contribution in [-0.2, 0) is 11.5 Å². The third kappa shape index (κ3) is 9.09. The van der Waals surface area contributed by atoms with E-state index >= 15 is 0 Å². The quantitative estimate of drug-likeness (QED) is 0.0888. The number of anilines is 2. The van der Waals surface area contributed by atoms with Crippen LogP contribution in [0.3, 0.4) is 0 Å². The van der Waals surface area contributed by atoms with Gasteiger partial charge in [0.15, 0.2) is 0 Å². The molecule has 0 aliphatic carbocycles. The van der Waals surface area contributed by atoms with Crippen LogP contribution in [-0.4, -0.2) is 25.8 Å². The first-order valence-electron chi connectivity index (χ1n) is 24.6. The van der Waals surface area contributed by atoms with Crippen LogP contribution in [0.5, 0.6) is 0 Å². The molecule has 2 aliphatic heterocycles. The van der Waals surface area contributed by atoms with Gasteiger partial charge < -0.3 is 0 Å². The molecule has 1 saturated heterocycles. The van der Waals surface area contributed by atoms with Crippen molar-refractivity contribution in [3.05, 3.63) is 232 Å². The standard InChI is InChI=1S/C64H64As2N2S2/c1-39-29-43(5)57(44(6)30-39)53-25-19-26-54(58-45(7)31-40(2)32-46(58)8)61(53)67-64(70-38-52-23-17-14-18-24-52)63(69-37-51-21-15-13-16-22-51)65-66(67)68(65)62-55(59-47(9)33-41(3)34-48(59)10)27-20-28-56(62)60-49(11)35-42(4)36-50(60)12/h13-36H,37-38H2,1-12H3. The molecular formula is C64H64As2N2S2. The van der Waals surface area contributed by atoms with Gasteiger partial charge in [0.2, 0.25) is 0 Å². The van der Waals surface area contributed by atoms with Crippen LogP contribution in [0.25, 0.3) is 44.5 Å². The van der Waals surface area contributed by atoms with Gasteiger partial charge in [0.1, 0.15) is 0 Å². The zero-order valence-electron chi connectivity index (χ0n) is 42.9. The second-order valence-electron chi connectivity index (χ2n) is 19.8. The number of benzene rings is 8. The van der Waals surface area contributed by atoms with Crippen molar-refractivity contribution in [2.45, 2.75) is 94.6 Å². The summed E-state index contributed by atoms with van der Waals surface area (Å²) in [5.41, 5.74) is 32.5. The van der Waals surface area contributed by atoms with Gasteiger partial charge in [-0.05, 0) is 0 Å². The second kappa shape index (κ2) is 19.8. The summed E-state index contributed by atoms with van der Waals surface area (Å²) in [7, 11) is 0. The number of hydrogen-bond acceptors (Lipinski definition) is 4. The van der Waals surface area contributed by atoms with E-state index in [0.717, 1.165) is 11.5 Å². The van der Waals surface area contributed by atoms with Crippen molar-refractivity contribution >= 4 is 60.7 Å². The van der Waals surface area contributed by atoms with Crippen molar-refractivity contribution in [3.8, 4) is 44.5 Å². The van der Waals surface area contributed by atoms with E-state index in [2.05, 4.69) is 259 Å². The fraction of sp³-hybridized carbons (Fsp3) is 0.219. The summed E-state index contributed by atoms with van der Waals surface area (Å²) in [4.78, 5) is 0. The Morgan fingerprint density at radius 3 is 1.01 bits per heavy atom. The molecule has 0 spiro atoms. The molecule has 352 valence electrons. The van der Waals surface area contributed by atoms with E-state index in [9.17, 15) is 0 Å². The van der Waals surface area contributed by atoms with Crippen LogP contribution >= 0.6 is 23.5 Å². The summed E-state index contributed by atoms with van der Waals surface area (Å²) >= 11 is 0.167. The third-order valence-corrected chi connectivity index (χ3v) is 38.4. The summed E-state index contributed by atoms with van der Waals surface area (Å²) in [6.07, 6.45) is 0. The summed E-state index contributed by atoms with van der Waals surface area (Å²) in [6.45, 7) is 27.6. The number of rotatable bonds is 12. The predicted octanol–water partition coefficient (Wildman–Crippen LogP) is 17.5. The Morgan fingerprint density at radius 1 is 0.357 bits per heavy atom. The van der Waals surface area contributed by atoms with E-state index in [1.165, 1.54) is 139 Å². The predicted molar refractivity (Wildman–Crippen MR) is 310 cm³/mol. The fourth-order valence-electron chi connectivity index (χ4n) is 11.5. The Balaban J connectivity index is 1.31. The van der Waals surface area contributed by atoms with Crippen LogP contribution in [0.15, 0.2) is 154 Å². The van der Waals surface area contributed by atoms with E-state index in [0.29, 0.717) is 0 Å². The summed E-state index contributed by atoms with van der Waals surface area (Å²) in [5.74, 6) is 1.86. The molecule has 8 aromatic rings. The zero-order chi connectivity index (χ0) is 49.1. The Hall–Kier alpha value is -5.08. The number of fused-ring (bicyclic) bond motifs is 1. The van der Waals surface area contributed by atoms with Crippen molar-refractivity contribution in [2.75, 3.05) is 6.55 Å². The normalized spacial score (nSPS) is 15.3. The fourth-order valence-corrected chi connectivity index (χ4v) is 46.1. The number of aryl methyl sites for hydroxylation is 12. The molecular weight excluding hydrogens is 1010 g/mol. The van der Waals surface area contributed by atoms with Gasteiger partial charge in [0.25, 0.3) is 0 Å². The van der Waals surface area contributed by atoms with Gasteiger partial charge in [-0.1, -0.05) is 0 Å². The van der Waals surface area contributed by atoms with Crippen molar-refractivity contribution in [3.63, 3.8) is 0 Å². The first-order chi connectivity index (χ1) is 33.7. The van der Waals surface area contributed by atoms with Gasteiger partial charge in [-0.3, -0.25) is 0 Å². The Bertz CT molecular complexity index is 3130. The Labute approximate surface area is 435 Å². The molecule has 0 saturated carbocycles. The van der Waals surface area contributed by atoms with E-state index in [1.54, 1.807) is 3.69 Å². The van der Waals surface area contributed by atoms with E-state index in [1.807, 2.05) is 0 Å². The minimum absolute atomic E-state index is 0.917. The monoisotopic (exact) mass is 1070 g/mol. The number of hydrogen-bond donors (Lipinski definition) is 0. The molecule has 2 atom stereocenters. The molecule has 2 aliphatic rings. The summed E-state index contributed by atoms with van der Waals surface area (Å²) in [5, 5.41) is 1.49. The van der Waals surface area contributed by atoms with Gasteiger partial charge in [-0.15, -0.1) is 0 Å². The molecule has 0 aromatic heterocycles. The molecule has 2 heterocycles. The van der Waals surface area contributed by atoms with Gasteiger partial charge in [-0.2, -0.15) is 0 Å². The van der Waals surface area contributed by atoms with Crippen molar-refractivity contribution in [1.82, 2.24) is 0 Å². The first kappa shape index (κ1) is 48.5. The molecule has 8 aromatic carbocycles. The number of thioether (sulfide) groups is 2. The Morgan fingerprint density at radius 2 is 0.671 bits per heavy atom. The zero-order valence-corrected chi connectivity index (χ0v) is 48.3. The average molecular weight is 1080 g/mol. The summed E-state index contributed by atoms with van der Waals surface area (Å²) < 4.78 is 7.82. The van der Waals surface area contributed by atoms with E-state index in [4.69, 9.17) is 0 Å². The van der Waals surface area contributed by atoms with Crippen LogP contribution in [0.2, 0.25) is 0 Å². The van der Waals surface area contributed by atoms with Crippen molar-refractivity contribution in [1.29, 1.82) is 0 Å². The summed E-state index contributed by atoms with van der Waals surface area (Å²) in [6, 6.07) is 56.0. The molecule has 0 radical (unpaired) electrons. The van der Waals surface area contributed by atoms with E-state index < -0.39 is 25.8 Å². The Kier molecular flexibility index (Phi) is 13.8.